The molecule has 0 aromatic heterocycles. The van der Waals surface area contributed by atoms with Crippen LogP contribution in [0.1, 0.15) is 0 Å². The van der Waals surface area contributed by atoms with Crippen LogP contribution in [-0.2, 0) is 0 Å². The minimum atomic E-state index is 0.603. The first kappa shape index (κ1) is 12.1. The van der Waals surface area contributed by atoms with Crippen LogP contribution in [0.15, 0.2) is 24.3 Å². The lowest BCUT2D eigenvalue weighted by Gasteiger charge is -2.23. The second-order valence-corrected chi connectivity index (χ2v) is 3.54. The highest BCUT2D eigenvalue weighted by molar-refractivity contribution is 6.18. The number of hydrogen-bond acceptors (Lipinski definition) is 3. The monoisotopic (exact) mass is 228 g/mol. The third kappa shape index (κ3) is 3.61. The summed E-state index contributed by atoms with van der Waals surface area (Å²) in [4.78, 5) is 2.16. The molecule has 1 aromatic carbocycles. The van der Waals surface area contributed by atoms with Crippen molar-refractivity contribution in [3.05, 3.63) is 24.3 Å². The molecule has 2 N–H and O–H groups in total. The molecule has 0 unspecified atom stereocenters. The van der Waals surface area contributed by atoms with Crippen LogP contribution in [0.3, 0.4) is 0 Å². The Morgan fingerprint density at radius 1 is 1.27 bits per heavy atom. The van der Waals surface area contributed by atoms with Gasteiger partial charge in [0.15, 0.2) is 0 Å². The van der Waals surface area contributed by atoms with E-state index in [2.05, 4.69) is 4.90 Å². The maximum absolute atomic E-state index is 5.73. The SMILES string of the molecule is COc1ccc(N(CCN)CCCl)cc1. The van der Waals surface area contributed by atoms with Gasteiger partial charge in [-0.3, -0.25) is 0 Å². The second kappa shape index (κ2) is 6.53. The van der Waals surface area contributed by atoms with Gasteiger partial charge in [0.1, 0.15) is 5.75 Å². The fourth-order valence-corrected chi connectivity index (χ4v) is 1.62. The summed E-state index contributed by atoms with van der Waals surface area (Å²) < 4.78 is 5.10. The Kier molecular flexibility index (Phi) is 5.29. The Bertz CT molecular complexity index is 270. The summed E-state index contributed by atoms with van der Waals surface area (Å²) in [5.74, 6) is 1.46. The van der Waals surface area contributed by atoms with E-state index in [1.54, 1.807) is 7.11 Å². The standard InChI is InChI=1S/C11H17ClN2O/c1-15-11-4-2-10(3-5-11)14(8-6-12)9-7-13/h2-5H,6-9,13H2,1H3. The maximum atomic E-state index is 5.73. The molecule has 84 valence electrons. The zero-order valence-corrected chi connectivity index (χ0v) is 9.70. The number of nitrogens with two attached hydrogens (primary N) is 1. The molecule has 0 radical (unpaired) electrons. The van der Waals surface area contributed by atoms with Gasteiger partial charge in [-0.25, -0.2) is 0 Å². The van der Waals surface area contributed by atoms with E-state index < -0.39 is 0 Å². The molecule has 1 rings (SSSR count). The quantitative estimate of drug-likeness (QED) is 0.754. The maximum Gasteiger partial charge on any atom is 0.119 e. The van der Waals surface area contributed by atoms with Gasteiger partial charge in [0, 0.05) is 31.2 Å². The summed E-state index contributed by atoms with van der Waals surface area (Å²) in [7, 11) is 1.66. The topological polar surface area (TPSA) is 38.5 Å². The van der Waals surface area contributed by atoms with Gasteiger partial charge >= 0.3 is 0 Å². The van der Waals surface area contributed by atoms with Crippen molar-refractivity contribution < 1.29 is 4.74 Å². The van der Waals surface area contributed by atoms with Gasteiger partial charge in [-0.2, -0.15) is 0 Å². The molecule has 0 fully saturated rings. The van der Waals surface area contributed by atoms with Crippen LogP contribution in [0.4, 0.5) is 5.69 Å². The van der Waals surface area contributed by atoms with E-state index in [1.165, 1.54) is 0 Å². The van der Waals surface area contributed by atoms with Crippen LogP contribution in [0.2, 0.25) is 0 Å². The molecule has 0 aliphatic heterocycles. The Morgan fingerprint density at radius 2 is 1.93 bits per heavy atom. The van der Waals surface area contributed by atoms with E-state index in [4.69, 9.17) is 22.1 Å². The Morgan fingerprint density at radius 3 is 2.40 bits per heavy atom. The molecule has 0 saturated heterocycles. The zero-order valence-electron chi connectivity index (χ0n) is 8.95. The van der Waals surface area contributed by atoms with E-state index in [0.29, 0.717) is 12.4 Å². The van der Waals surface area contributed by atoms with Crippen molar-refractivity contribution in [2.75, 3.05) is 37.5 Å². The van der Waals surface area contributed by atoms with Crippen molar-refractivity contribution in [1.29, 1.82) is 0 Å². The fraction of sp³-hybridized carbons (Fsp3) is 0.455. The van der Waals surface area contributed by atoms with Gasteiger partial charge in [-0.1, -0.05) is 0 Å². The summed E-state index contributed by atoms with van der Waals surface area (Å²) >= 11 is 5.73. The highest BCUT2D eigenvalue weighted by Gasteiger charge is 2.04. The molecule has 0 saturated carbocycles. The summed E-state index contributed by atoms with van der Waals surface area (Å²) in [6.45, 7) is 2.26. The lowest BCUT2D eigenvalue weighted by molar-refractivity contribution is 0.415. The number of nitrogens with zero attached hydrogens (tertiary/aromatic N) is 1. The average molecular weight is 229 g/mol. The molecule has 1 aromatic rings. The molecule has 0 aliphatic rings. The number of alkyl halides is 1. The van der Waals surface area contributed by atoms with Crippen LogP contribution in [0, 0.1) is 0 Å². The molecule has 0 aliphatic carbocycles. The summed E-state index contributed by atoms with van der Waals surface area (Å²) in [5, 5.41) is 0. The molecule has 3 nitrogen and oxygen atoms in total. The molecule has 0 heterocycles. The van der Waals surface area contributed by atoms with E-state index in [0.717, 1.165) is 24.5 Å². The van der Waals surface area contributed by atoms with E-state index in [1.807, 2.05) is 24.3 Å². The summed E-state index contributed by atoms with van der Waals surface area (Å²) in [6, 6.07) is 7.91. The van der Waals surface area contributed by atoms with E-state index in [9.17, 15) is 0 Å². The zero-order chi connectivity index (χ0) is 11.1. The second-order valence-electron chi connectivity index (χ2n) is 3.16. The molecular formula is C11H17ClN2O. The number of hydrogen-bond donors (Lipinski definition) is 1. The van der Waals surface area contributed by atoms with Gasteiger partial charge in [0.2, 0.25) is 0 Å². The average Bonchev–Trinajstić information content (AvgIpc) is 2.29. The van der Waals surface area contributed by atoms with Crippen molar-refractivity contribution in [2.45, 2.75) is 0 Å². The highest BCUT2D eigenvalue weighted by Crippen LogP contribution is 2.18. The fourth-order valence-electron chi connectivity index (χ4n) is 1.42. The number of ether oxygens (including phenoxy) is 1. The lowest BCUT2D eigenvalue weighted by atomic mass is 10.2. The van der Waals surface area contributed by atoms with Gasteiger partial charge < -0.3 is 15.4 Å². The van der Waals surface area contributed by atoms with Crippen molar-refractivity contribution >= 4 is 17.3 Å². The van der Waals surface area contributed by atoms with Crippen LogP contribution in [-0.4, -0.2) is 32.6 Å². The first-order valence-electron chi connectivity index (χ1n) is 4.97. The summed E-state index contributed by atoms with van der Waals surface area (Å²) in [5.41, 5.74) is 6.67. The highest BCUT2D eigenvalue weighted by atomic mass is 35.5. The van der Waals surface area contributed by atoms with Crippen LogP contribution < -0.4 is 15.4 Å². The van der Waals surface area contributed by atoms with Crippen molar-refractivity contribution in [1.82, 2.24) is 0 Å². The van der Waals surface area contributed by atoms with Crippen LogP contribution in [0.25, 0.3) is 0 Å². The lowest BCUT2D eigenvalue weighted by Crippen LogP contribution is -2.31. The number of methoxy groups -OCH3 is 1. The van der Waals surface area contributed by atoms with Crippen molar-refractivity contribution in [3.8, 4) is 5.75 Å². The van der Waals surface area contributed by atoms with Gasteiger partial charge in [-0.05, 0) is 24.3 Å². The minimum Gasteiger partial charge on any atom is -0.497 e. The number of halogens is 1. The Labute approximate surface area is 95.8 Å². The summed E-state index contributed by atoms with van der Waals surface area (Å²) in [6.07, 6.45) is 0. The van der Waals surface area contributed by atoms with Gasteiger partial charge in [0.25, 0.3) is 0 Å². The predicted octanol–water partition coefficient (Wildman–Crippen LogP) is 1.70. The first-order chi connectivity index (χ1) is 7.31. The van der Waals surface area contributed by atoms with Gasteiger partial charge in [0.05, 0.1) is 7.11 Å². The van der Waals surface area contributed by atoms with Crippen molar-refractivity contribution in [2.24, 2.45) is 5.73 Å². The number of rotatable bonds is 6. The number of benzene rings is 1. The normalized spacial score (nSPS) is 10.1. The van der Waals surface area contributed by atoms with Gasteiger partial charge in [-0.15, -0.1) is 11.6 Å². The Hall–Kier alpha value is -0.930. The first-order valence-corrected chi connectivity index (χ1v) is 5.50. The van der Waals surface area contributed by atoms with E-state index in [-0.39, 0.29) is 0 Å². The van der Waals surface area contributed by atoms with Crippen LogP contribution >= 0.6 is 11.6 Å². The van der Waals surface area contributed by atoms with E-state index >= 15 is 0 Å². The molecule has 0 bridgehead atoms. The molecular weight excluding hydrogens is 212 g/mol. The smallest absolute Gasteiger partial charge is 0.119 e. The minimum absolute atomic E-state index is 0.603. The third-order valence-corrected chi connectivity index (χ3v) is 2.36. The largest absolute Gasteiger partial charge is 0.497 e. The number of anilines is 1. The van der Waals surface area contributed by atoms with Crippen LogP contribution in [0.5, 0.6) is 5.75 Å². The molecule has 0 atom stereocenters. The predicted molar refractivity (Wildman–Crippen MR) is 65.0 cm³/mol. The molecule has 4 heteroatoms. The molecule has 0 amide bonds. The Balaban J connectivity index is 2.72. The molecule has 15 heavy (non-hydrogen) atoms. The third-order valence-electron chi connectivity index (χ3n) is 2.19. The molecule has 0 spiro atoms. The van der Waals surface area contributed by atoms with Crippen molar-refractivity contribution in [3.63, 3.8) is 0 Å².